The molecule has 1 saturated heterocycles. The van der Waals surface area contributed by atoms with Crippen LogP contribution < -0.4 is 10.2 Å². The minimum Gasteiger partial charge on any atom is -0.378 e. The first-order chi connectivity index (χ1) is 12.2. The zero-order chi connectivity index (χ0) is 17.6. The van der Waals surface area contributed by atoms with E-state index >= 15 is 0 Å². The van der Waals surface area contributed by atoms with Crippen molar-refractivity contribution in [3.63, 3.8) is 0 Å². The van der Waals surface area contributed by atoms with Gasteiger partial charge in [-0.1, -0.05) is 48.9 Å². The highest BCUT2D eigenvalue weighted by Crippen LogP contribution is 2.30. The number of halogens is 1. The van der Waals surface area contributed by atoms with Crippen LogP contribution >= 0.6 is 11.6 Å². The molecule has 1 aliphatic rings. The number of carbonyl (C=O) groups excluding carboxylic acids is 1. The van der Waals surface area contributed by atoms with Crippen LogP contribution in [0.25, 0.3) is 0 Å². The molecule has 0 aromatic heterocycles. The number of hydrogen-bond acceptors (Lipinski definition) is 3. The summed E-state index contributed by atoms with van der Waals surface area (Å²) in [4.78, 5) is 14.9. The molecule has 0 aliphatic carbocycles. The van der Waals surface area contributed by atoms with Crippen LogP contribution in [0.2, 0.25) is 5.02 Å². The van der Waals surface area contributed by atoms with E-state index in [0.717, 1.165) is 36.4 Å². The molecule has 25 heavy (non-hydrogen) atoms. The smallest absolute Gasteiger partial charge is 0.231 e. The van der Waals surface area contributed by atoms with Crippen LogP contribution in [0.1, 0.15) is 24.8 Å². The summed E-state index contributed by atoms with van der Waals surface area (Å²) in [6.45, 7) is 5.11. The SMILES string of the molecule is CCC(C(=O)Nc1ccc(N2CCOCC2)c(Cl)c1)c1ccccc1. The maximum atomic E-state index is 12.7. The van der Waals surface area contributed by atoms with E-state index in [0.29, 0.717) is 18.2 Å². The first kappa shape index (κ1) is 17.8. The van der Waals surface area contributed by atoms with Crippen molar-refractivity contribution in [1.82, 2.24) is 0 Å². The maximum absolute atomic E-state index is 12.7. The molecule has 0 bridgehead atoms. The fourth-order valence-corrected chi connectivity index (χ4v) is 3.43. The second-order valence-electron chi connectivity index (χ2n) is 6.13. The summed E-state index contributed by atoms with van der Waals surface area (Å²) in [5, 5.41) is 3.64. The largest absolute Gasteiger partial charge is 0.378 e. The molecule has 2 aromatic rings. The van der Waals surface area contributed by atoms with E-state index in [1.807, 2.05) is 55.5 Å². The summed E-state index contributed by atoms with van der Waals surface area (Å²) in [5.74, 6) is -0.178. The summed E-state index contributed by atoms with van der Waals surface area (Å²) in [6.07, 6.45) is 0.745. The zero-order valence-corrected chi connectivity index (χ0v) is 15.1. The summed E-state index contributed by atoms with van der Waals surface area (Å²) < 4.78 is 5.38. The van der Waals surface area contributed by atoms with Crippen LogP contribution in [-0.2, 0) is 9.53 Å². The topological polar surface area (TPSA) is 41.6 Å². The van der Waals surface area contributed by atoms with E-state index in [9.17, 15) is 4.79 Å². The molecular weight excluding hydrogens is 336 g/mol. The normalized spacial score (nSPS) is 15.7. The number of amides is 1. The number of anilines is 2. The van der Waals surface area contributed by atoms with Gasteiger partial charge in [-0.3, -0.25) is 4.79 Å². The van der Waals surface area contributed by atoms with E-state index in [4.69, 9.17) is 16.3 Å². The van der Waals surface area contributed by atoms with Crippen molar-refractivity contribution in [2.75, 3.05) is 36.5 Å². The third-order valence-electron chi connectivity index (χ3n) is 4.49. The van der Waals surface area contributed by atoms with E-state index < -0.39 is 0 Å². The van der Waals surface area contributed by atoms with Crippen molar-refractivity contribution >= 4 is 28.9 Å². The van der Waals surface area contributed by atoms with Crippen LogP contribution in [0.4, 0.5) is 11.4 Å². The van der Waals surface area contributed by atoms with E-state index in [2.05, 4.69) is 10.2 Å². The Morgan fingerprint density at radius 1 is 1.20 bits per heavy atom. The lowest BCUT2D eigenvalue weighted by molar-refractivity contribution is -0.117. The van der Waals surface area contributed by atoms with Gasteiger partial charge in [0.25, 0.3) is 0 Å². The Kier molecular flexibility index (Phi) is 5.95. The fraction of sp³-hybridized carbons (Fsp3) is 0.350. The van der Waals surface area contributed by atoms with Gasteiger partial charge in [-0.2, -0.15) is 0 Å². The molecular formula is C20H23ClN2O2. The van der Waals surface area contributed by atoms with Crippen LogP contribution in [-0.4, -0.2) is 32.2 Å². The van der Waals surface area contributed by atoms with Gasteiger partial charge < -0.3 is 15.0 Å². The molecule has 1 atom stereocenters. The van der Waals surface area contributed by atoms with Crippen molar-refractivity contribution in [1.29, 1.82) is 0 Å². The minimum atomic E-state index is -0.168. The lowest BCUT2D eigenvalue weighted by Crippen LogP contribution is -2.36. The van der Waals surface area contributed by atoms with E-state index in [-0.39, 0.29) is 11.8 Å². The van der Waals surface area contributed by atoms with Gasteiger partial charge in [-0.25, -0.2) is 0 Å². The Bertz CT molecular complexity index is 715. The highest BCUT2D eigenvalue weighted by Gasteiger charge is 2.19. The number of rotatable bonds is 5. The number of hydrogen-bond donors (Lipinski definition) is 1. The van der Waals surface area contributed by atoms with Crippen molar-refractivity contribution < 1.29 is 9.53 Å². The standard InChI is InChI=1S/C20H23ClN2O2/c1-2-17(15-6-4-3-5-7-15)20(24)22-16-8-9-19(18(21)14-16)23-10-12-25-13-11-23/h3-9,14,17H,2,10-13H2,1H3,(H,22,24). The molecule has 0 radical (unpaired) electrons. The number of morpholine rings is 1. The number of benzene rings is 2. The lowest BCUT2D eigenvalue weighted by atomic mass is 9.95. The zero-order valence-electron chi connectivity index (χ0n) is 14.4. The molecule has 4 nitrogen and oxygen atoms in total. The summed E-state index contributed by atoms with van der Waals surface area (Å²) >= 11 is 6.44. The monoisotopic (exact) mass is 358 g/mol. The number of carbonyl (C=O) groups is 1. The molecule has 1 N–H and O–H groups in total. The molecule has 1 fully saturated rings. The van der Waals surface area contributed by atoms with Crippen LogP contribution in [0.15, 0.2) is 48.5 Å². The Morgan fingerprint density at radius 3 is 2.56 bits per heavy atom. The Morgan fingerprint density at radius 2 is 1.92 bits per heavy atom. The minimum absolute atomic E-state index is 0.0103. The number of nitrogens with zero attached hydrogens (tertiary/aromatic N) is 1. The van der Waals surface area contributed by atoms with Gasteiger partial charge in [0.1, 0.15) is 0 Å². The number of ether oxygens (including phenoxy) is 1. The van der Waals surface area contributed by atoms with Gasteiger partial charge in [0.05, 0.1) is 29.8 Å². The van der Waals surface area contributed by atoms with Crippen LogP contribution in [0, 0.1) is 0 Å². The molecule has 2 aromatic carbocycles. The molecule has 1 amide bonds. The molecule has 1 unspecified atom stereocenters. The van der Waals surface area contributed by atoms with Crippen molar-refractivity contribution in [3.05, 3.63) is 59.1 Å². The van der Waals surface area contributed by atoms with Gasteiger partial charge in [0.2, 0.25) is 5.91 Å². The molecule has 0 spiro atoms. The average Bonchev–Trinajstić information content (AvgIpc) is 2.64. The first-order valence-electron chi connectivity index (χ1n) is 8.67. The molecule has 132 valence electrons. The van der Waals surface area contributed by atoms with Crippen molar-refractivity contribution in [2.24, 2.45) is 0 Å². The maximum Gasteiger partial charge on any atom is 0.231 e. The number of nitrogens with one attached hydrogen (secondary N) is 1. The fourth-order valence-electron chi connectivity index (χ4n) is 3.13. The van der Waals surface area contributed by atoms with E-state index in [1.54, 1.807) is 0 Å². The molecule has 1 heterocycles. The highest BCUT2D eigenvalue weighted by molar-refractivity contribution is 6.33. The van der Waals surface area contributed by atoms with Gasteiger partial charge in [0, 0.05) is 18.8 Å². The van der Waals surface area contributed by atoms with Gasteiger partial charge in [-0.15, -0.1) is 0 Å². The summed E-state index contributed by atoms with van der Waals surface area (Å²) in [7, 11) is 0. The third-order valence-corrected chi connectivity index (χ3v) is 4.80. The highest BCUT2D eigenvalue weighted by atomic mass is 35.5. The first-order valence-corrected chi connectivity index (χ1v) is 9.05. The second kappa shape index (κ2) is 8.37. The van der Waals surface area contributed by atoms with Crippen molar-refractivity contribution in [3.8, 4) is 0 Å². The third kappa shape index (κ3) is 4.33. The predicted octanol–water partition coefficient (Wildman–Crippen LogP) is 4.31. The molecule has 5 heteroatoms. The average molecular weight is 359 g/mol. The molecule has 0 saturated carbocycles. The Balaban J connectivity index is 1.71. The predicted molar refractivity (Wildman–Crippen MR) is 103 cm³/mol. The van der Waals surface area contributed by atoms with Crippen LogP contribution in [0.5, 0.6) is 0 Å². The molecule has 3 rings (SSSR count). The Labute approximate surface area is 153 Å². The second-order valence-corrected chi connectivity index (χ2v) is 6.53. The molecule has 1 aliphatic heterocycles. The van der Waals surface area contributed by atoms with Crippen LogP contribution in [0.3, 0.4) is 0 Å². The Hall–Kier alpha value is -2.04. The summed E-state index contributed by atoms with van der Waals surface area (Å²) in [6, 6.07) is 15.5. The van der Waals surface area contributed by atoms with E-state index in [1.165, 1.54) is 0 Å². The summed E-state index contributed by atoms with van der Waals surface area (Å²) in [5.41, 5.74) is 2.73. The van der Waals surface area contributed by atoms with Gasteiger partial charge >= 0.3 is 0 Å². The lowest BCUT2D eigenvalue weighted by Gasteiger charge is -2.29. The quantitative estimate of drug-likeness (QED) is 0.866. The van der Waals surface area contributed by atoms with Gasteiger partial charge in [-0.05, 0) is 30.2 Å². The van der Waals surface area contributed by atoms with Gasteiger partial charge in [0.15, 0.2) is 0 Å². The van der Waals surface area contributed by atoms with Crippen molar-refractivity contribution in [2.45, 2.75) is 19.3 Å².